The van der Waals surface area contributed by atoms with Gasteiger partial charge in [0.1, 0.15) is 18.0 Å². The summed E-state index contributed by atoms with van der Waals surface area (Å²) < 4.78 is 11.3. The van der Waals surface area contributed by atoms with Gasteiger partial charge in [0, 0.05) is 26.2 Å². The van der Waals surface area contributed by atoms with Gasteiger partial charge in [0.2, 0.25) is 0 Å². The van der Waals surface area contributed by atoms with Gasteiger partial charge in [-0.1, -0.05) is 48.0 Å². The molecule has 0 heterocycles. The standard InChI is InChI=1S/C33H54O6/c1-9-22(18(2)3)28(36)14-19(4)24-10-11-25-23-15-29(37)27-16-30(38-20(5)34)31(39-21(6)35)17-33(27,8)26(23)12-13-32(24,25)7/h18-19,22-28,30-31,36H,9-17H2,1-8H3/t19-,22+,23+,24-,25+,26+,27?,28?,30+,31-,32-,33-/m1/s1. The molecule has 0 aromatic heterocycles. The predicted molar refractivity (Wildman–Crippen MR) is 151 cm³/mol. The quantitative estimate of drug-likeness (QED) is 0.356. The molecule has 4 fully saturated rings. The topological polar surface area (TPSA) is 89.9 Å². The normalized spacial score (nSPS) is 42.1. The van der Waals surface area contributed by atoms with Crippen LogP contribution in [0.4, 0.5) is 0 Å². The fourth-order valence-corrected chi connectivity index (χ4v) is 10.6. The number of carbonyl (C=O) groups excluding carboxylic acids is 3. The molecule has 4 rings (SSSR count). The van der Waals surface area contributed by atoms with E-state index in [1.54, 1.807) is 0 Å². The Bertz CT molecular complexity index is 929. The molecule has 0 spiro atoms. The van der Waals surface area contributed by atoms with E-state index in [0.29, 0.717) is 66.5 Å². The monoisotopic (exact) mass is 546 g/mol. The average Bonchev–Trinajstić information content (AvgIpc) is 3.17. The van der Waals surface area contributed by atoms with Gasteiger partial charge < -0.3 is 14.6 Å². The molecular weight excluding hydrogens is 492 g/mol. The highest BCUT2D eigenvalue weighted by Crippen LogP contribution is 2.68. The minimum atomic E-state index is -0.556. The molecule has 12 atom stereocenters. The molecule has 4 aliphatic rings. The van der Waals surface area contributed by atoms with Gasteiger partial charge in [0.15, 0.2) is 0 Å². The second kappa shape index (κ2) is 11.4. The van der Waals surface area contributed by atoms with Crippen LogP contribution < -0.4 is 0 Å². The van der Waals surface area contributed by atoms with E-state index >= 15 is 0 Å². The summed E-state index contributed by atoms with van der Waals surface area (Å²) in [5, 5.41) is 11.1. The fraction of sp³-hybridized carbons (Fsp3) is 0.909. The van der Waals surface area contributed by atoms with Crippen LogP contribution in [0.25, 0.3) is 0 Å². The molecule has 0 aromatic carbocycles. The number of carbonyl (C=O) groups is 3. The Balaban J connectivity index is 1.54. The number of aliphatic hydroxyl groups is 1. The number of aliphatic hydroxyl groups excluding tert-OH is 1. The van der Waals surface area contributed by atoms with Crippen molar-refractivity contribution in [3.8, 4) is 0 Å². The molecular formula is C33H54O6. The van der Waals surface area contributed by atoms with E-state index < -0.39 is 18.2 Å². The molecule has 0 bridgehead atoms. The van der Waals surface area contributed by atoms with Crippen molar-refractivity contribution in [2.45, 2.75) is 131 Å². The van der Waals surface area contributed by atoms with Crippen LogP contribution >= 0.6 is 0 Å². The van der Waals surface area contributed by atoms with Crippen LogP contribution in [0.15, 0.2) is 0 Å². The summed E-state index contributed by atoms with van der Waals surface area (Å²) in [6.45, 7) is 16.5. The zero-order valence-electron chi connectivity index (χ0n) is 25.7. The number of Topliss-reactive ketones (excluding diaryl/α,β-unsaturated/α-hetero) is 1. The Kier molecular flexibility index (Phi) is 8.96. The van der Waals surface area contributed by atoms with Crippen LogP contribution in [0.2, 0.25) is 0 Å². The van der Waals surface area contributed by atoms with Crippen molar-refractivity contribution in [1.29, 1.82) is 0 Å². The maximum Gasteiger partial charge on any atom is 0.303 e. The van der Waals surface area contributed by atoms with Crippen molar-refractivity contribution in [2.75, 3.05) is 0 Å². The molecule has 1 N–H and O–H groups in total. The van der Waals surface area contributed by atoms with E-state index in [1.165, 1.54) is 20.3 Å². The molecule has 0 radical (unpaired) electrons. The third kappa shape index (κ3) is 5.57. The zero-order valence-corrected chi connectivity index (χ0v) is 25.7. The van der Waals surface area contributed by atoms with Crippen LogP contribution in [-0.4, -0.2) is 41.1 Å². The minimum absolute atomic E-state index is 0.160. The van der Waals surface area contributed by atoms with Crippen LogP contribution in [-0.2, 0) is 23.9 Å². The molecule has 2 unspecified atom stereocenters. The molecule has 0 aliphatic heterocycles. The van der Waals surface area contributed by atoms with Crippen LogP contribution in [0.1, 0.15) is 113 Å². The van der Waals surface area contributed by atoms with Crippen molar-refractivity contribution in [2.24, 2.45) is 58.2 Å². The van der Waals surface area contributed by atoms with Gasteiger partial charge in [-0.2, -0.15) is 0 Å². The van der Waals surface area contributed by atoms with Gasteiger partial charge in [-0.15, -0.1) is 0 Å². The lowest BCUT2D eigenvalue weighted by Crippen LogP contribution is -2.60. The molecule has 39 heavy (non-hydrogen) atoms. The minimum Gasteiger partial charge on any atom is -0.459 e. The van der Waals surface area contributed by atoms with Crippen LogP contribution in [0.3, 0.4) is 0 Å². The molecule has 0 amide bonds. The number of fused-ring (bicyclic) bond motifs is 5. The first kappa shape index (κ1) is 30.5. The smallest absolute Gasteiger partial charge is 0.303 e. The average molecular weight is 547 g/mol. The first-order valence-electron chi connectivity index (χ1n) is 15.8. The van der Waals surface area contributed by atoms with Gasteiger partial charge in [0.05, 0.1) is 6.10 Å². The van der Waals surface area contributed by atoms with Gasteiger partial charge in [-0.3, -0.25) is 14.4 Å². The number of hydrogen-bond acceptors (Lipinski definition) is 6. The SMILES string of the molecule is CC[C@@H](C(C)C)C(O)C[C@@H](C)[C@H]1CC[C@H]2[C@@H]3CC(=O)C4C[C@H](OC(C)=O)[C@H](OC(C)=O)C[C@]4(C)[C@H]3CC[C@]12C. The van der Waals surface area contributed by atoms with E-state index in [-0.39, 0.29) is 28.8 Å². The number of ether oxygens (including phenoxy) is 2. The van der Waals surface area contributed by atoms with Crippen molar-refractivity contribution >= 4 is 17.7 Å². The Labute approximate surface area is 236 Å². The first-order valence-corrected chi connectivity index (χ1v) is 15.8. The number of hydrogen-bond donors (Lipinski definition) is 1. The Morgan fingerprint density at radius 2 is 1.59 bits per heavy atom. The Morgan fingerprint density at radius 3 is 2.18 bits per heavy atom. The second-order valence-electron chi connectivity index (χ2n) is 14.7. The van der Waals surface area contributed by atoms with Crippen molar-refractivity contribution in [3.63, 3.8) is 0 Å². The molecule has 0 saturated heterocycles. The fourth-order valence-electron chi connectivity index (χ4n) is 10.6. The molecule has 222 valence electrons. The maximum absolute atomic E-state index is 13.8. The summed E-state index contributed by atoms with van der Waals surface area (Å²) in [6, 6.07) is 0. The van der Waals surface area contributed by atoms with E-state index in [2.05, 4.69) is 41.5 Å². The van der Waals surface area contributed by atoms with Gasteiger partial charge in [-0.05, 0) is 97.2 Å². The third-order valence-corrected chi connectivity index (χ3v) is 12.3. The molecule has 0 aromatic rings. The third-order valence-electron chi connectivity index (χ3n) is 12.3. The largest absolute Gasteiger partial charge is 0.459 e. The molecule has 4 saturated carbocycles. The van der Waals surface area contributed by atoms with Gasteiger partial charge in [0.25, 0.3) is 0 Å². The highest BCUT2D eigenvalue weighted by molar-refractivity contribution is 5.83. The summed E-state index contributed by atoms with van der Waals surface area (Å²) in [7, 11) is 0. The summed E-state index contributed by atoms with van der Waals surface area (Å²) in [5.41, 5.74) is -0.0723. The molecule has 6 heteroatoms. The van der Waals surface area contributed by atoms with Gasteiger partial charge in [-0.25, -0.2) is 0 Å². The van der Waals surface area contributed by atoms with Gasteiger partial charge >= 0.3 is 11.9 Å². The Morgan fingerprint density at radius 1 is 0.974 bits per heavy atom. The first-order chi connectivity index (χ1) is 18.2. The summed E-state index contributed by atoms with van der Waals surface area (Å²) in [4.78, 5) is 37.6. The van der Waals surface area contributed by atoms with Crippen molar-refractivity contribution in [3.05, 3.63) is 0 Å². The summed E-state index contributed by atoms with van der Waals surface area (Å²) in [6.07, 6.45) is 6.75. The Hall–Kier alpha value is -1.43. The lowest BCUT2D eigenvalue weighted by atomic mass is 9.44. The highest BCUT2D eigenvalue weighted by Gasteiger charge is 2.64. The van der Waals surface area contributed by atoms with Crippen LogP contribution in [0.5, 0.6) is 0 Å². The number of rotatable bonds is 8. The van der Waals surface area contributed by atoms with E-state index in [9.17, 15) is 19.5 Å². The number of esters is 2. The second-order valence-corrected chi connectivity index (χ2v) is 14.7. The maximum atomic E-state index is 13.8. The lowest BCUT2D eigenvalue weighted by molar-refractivity contribution is -0.195. The highest BCUT2D eigenvalue weighted by atomic mass is 16.6. The number of ketones is 1. The zero-order chi connectivity index (χ0) is 28.9. The summed E-state index contributed by atoms with van der Waals surface area (Å²) in [5.74, 6) is 2.48. The van der Waals surface area contributed by atoms with Crippen molar-refractivity contribution in [1.82, 2.24) is 0 Å². The van der Waals surface area contributed by atoms with E-state index in [0.717, 1.165) is 32.1 Å². The lowest BCUT2D eigenvalue weighted by Gasteiger charge is -2.61. The van der Waals surface area contributed by atoms with E-state index in [1.807, 2.05) is 0 Å². The molecule has 4 aliphatic carbocycles. The van der Waals surface area contributed by atoms with E-state index in [4.69, 9.17) is 9.47 Å². The predicted octanol–water partition coefficient (Wildman–Crippen LogP) is 6.37. The molecule has 6 nitrogen and oxygen atoms in total. The van der Waals surface area contributed by atoms with Crippen LogP contribution in [0, 0.1) is 58.2 Å². The summed E-state index contributed by atoms with van der Waals surface area (Å²) >= 11 is 0. The van der Waals surface area contributed by atoms with Crippen molar-refractivity contribution < 1.29 is 29.0 Å².